The molecule has 0 unspecified atom stereocenters. The van der Waals surface area contributed by atoms with Gasteiger partial charge in [0.1, 0.15) is 0 Å². The number of pyridine rings is 1. The van der Waals surface area contributed by atoms with Crippen LogP contribution in [0.25, 0.3) is 11.3 Å². The van der Waals surface area contributed by atoms with Crippen LogP contribution in [0.4, 0.5) is 0 Å². The third-order valence-corrected chi connectivity index (χ3v) is 4.08. The van der Waals surface area contributed by atoms with E-state index in [0.29, 0.717) is 0 Å². The van der Waals surface area contributed by atoms with Gasteiger partial charge in [0.15, 0.2) is 0 Å². The molecule has 1 aliphatic rings. The van der Waals surface area contributed by atoms with E-state index in [1.165, 1.54) is 0 Å². The molecule has 0 bridgehead atoms. The van der Waals surface area contributed by atoms with Gasteiger partial charge in [-0.1, -0.05) is 6.07 Å². The van der Waals surface area contributed by atoms with E-state index in [-0.39, 0.29) is 11.2 Å². The Labute approximate surface area is 119 Å². The zero-order chi connectivity index (χ0) is 14.4. The lowest BCUT2D eigenvalue weighted by atomic mass is 9.84. The number of hydrogen-bond acceptors (Lipinski definition) is 4. The van der Waals surface area contributed by atoms with Gasteiger partial charge in [0.2, 0.25) is 0 Å². The second-order valence-electron chi connectivity index (χ2n) is 6.05. The van der Waals surface area contributed by atoms with Crippen molar-refractivity contribution in [2.45, 2.75) is 38.9 Å². The van der Waals surface area contributed by atoms with Crippen molar-refractivity contribution in [1.29, 1.82) is 0 Å². The molecule has 0 spiro atoms. The van der Waals surface area contributed by atoms with Crippen LogP contribution in [-0.4, -0.2) is 23.3 Å². The van der Waals surface area contributed by atoms with Crippen molar-refractivity contribution in [3.05, 3.63) is 36.8 Å². The molecule has 0 radical (unpaired) electrons. The topological polar surface area (TPSA) is 44.5 Å². The molecule has 4 nitrogen and oxygen atoms in total. The summed E-state index contributed by atoms with van der Waals surface area (Å²) in [6.45, 7) is 8.14. The first kappa shape index (κ1) is 13.4. The highest BCUT2D eigenvalue weighted by Crippen LogP contribution is 2.36. The Kier molecular flexibility index (Phi) is 2.99. The number of aromatic nitrogens is 1. The molecule has 3 heterocycles. The smallest absolute Gasteiger partial charge is 0.472 e. The molecule has 2 aromatic heterocycles. The minimum Gasteiger partial charge on any atom is -0.472 e. The van der Waals surface area contributed by atoms with Gasteiger partial charge in [0.25, 0.3) is 0 Å². The first-order valence-electron chi connectivity index (χ1n) is 6.74. The predicted molar refractivity (Wildman–Crippen MR) is 77.7 cm³/mol. The first-order chi connectivity index (χ1) is 9.39. The summed E-state index contributed by atoms with van der Waals surface area (Å²) in [5.41, 5.74) is 1.87. The summed E-state index contributed by atoms with van der Waals surface area (Å²) in [6, 6.07) is 7.71. The van der Waals surface area contributed by atoms with Crippen molar-refractivity contribution in [2.75, 3.05) is 0 Å². The number of nitrogens with zero attached hydrogens (tertiary/aromatic N) is 1. The van der Waals surface area contributed by atoms with Gasteiger partial charge < -0.3 is 13.7 Å². The normalized spacial score (nSPS) is 20.3. The Hall–Kier alpha value is -1.59. The molecular formula is C15H18BNO3. The van der Waals surface area contributed by atoms with Crippen LogP contribution in [0.1, 0.15) is 27.7 Å². The standard InChI is InChI=1S/C15H18BNO3/c1-14(2)15(3,4)20-16(19-14)13-7-5-6-12(17-13)11-8-9-18-10-11/h5-10H,1-4H3. The van der Waals surface area contributed by atoms with Crippen molar-refractivity contribution in [1.82, 2.24) is 4.98 Å². The highest BCUT2D eigenvalue weighted by molar-refractivity contribution is 6.61. The van der Waals surface area contributed by atoms with E-state index in [9.17, 15) is 0 Å². The van der Waals surface area contributed by atoms with Gasteiger partial charge in [0, 0.05) is 5.56 Å². The molecule has 0 aliphatic carbocycles. The fraction of sp³-hybridized carbons (Fsp3) is 0.400. The molecular weight excluding hydrogens is 253 g/mol. The van der Waals surface area contributed by atoms with E-state index in [4.69, 9.17) is 13.7 Å². The minimum absolute atomic E-state index is 0.356. The molecule has 0 aromatic carbocycles. The van der Waals surface area contributed by atoms with Crippen LogP contribution < -0.4 is 5.59 Å². The maximum Gasteiger partial charge on any atom is 0.514 e. The molecule has 1 aliphatic heterocycles. The van der Waals surface area contributed by atoms with Crippen LogP contribution in [0.2, 0.25) is 0 Å². The summed E-state index contributed by atoms with van der Waals surface area (Å²) < 4.78 is 17.1. The van der Waals surface area contributed by atoms with Gasteiger partial charge in [-0.05, 0) is 45.9 Å². The molecule has 20 heavy (non-hydrogen) atoms. The van der Waals surface area contributed by atoms with E-state index in [0.717, 1.165) is 16.9 Å². The Morgan fingerprint density at radius 1 is 1.00 bits per heavy atom. The quantitative estimate of drug-likeness (QED) is 0.787. The van der Waals surface area contributed by atoms with Crippen molar-refractivity contribution >= 4 is 12.7 Å². The lowest BCUT2D eigenvalue weighted by Crippen LogP contribution is -2.41. The van der Waals surface area contributed by atoms with Gasteiger partial charge >= 0.3 is 7.12 Å². The van der Waals surface area contributed by atoms with Crippen molar-refractivity contribution in [3.63, 3.8) is 0 Å². The Balaban J connectivity index is 1.91. The summed E-state index contributed by atoms with van der Waals surface area (Å²) in [5, 5.41) is 0. The van der Waals surface area contributed by atoms with Crippen LogP contribution >= 0.6 is 0 Å². The summed E-state index contributed by atoms with van der Waals surface area (Å²) in [6.07, 6.45) is 3.31. The second kappa shape index (κ2) is 4.47. The monoisotopic (exact) mass is 271 g/mol. The first-order valence-corrected chi connectivity index (χ1v) is 6.74. The third kappa shape index (κ3) is 2.17. The lowest BCUT2D eigenvalue weighted by molar-refractivity contribution is 0.00578. The Bertz CT molecular complexity index is 591. The van der Waals surface area contributed by atoms with Crippen LogP contribution in [0.15, 0.2) is 41.2 Å². The van der Waals surface area contributed by atoms with E-state index in [2.05, 4.69) is 4.98 Å². The number of hydrogen-bond donors (Lipinski definition) is 0. The van der Waals surface area contributed by atoms with Gasteiger partial charge in [-0.3, -0.25) is 4.98 Å². The summed E-state index contributed by atoms with van der Waals surface area (Å²) in [7, 11) is -0.438. The fourth-order valence-corrected chi connectivity index (χ4v) is 2.12. The summed E-state index contributed by atoms with van der Waals surface area (Å²) in [5.74, 6) is 0. The molecule has 5 heteroatoms. The highest BCUT2D eigenvalue weighted by atomic mass is 16.7. The number of furan rings is 1. The highest BCUT2D eigenvalue weighted by Gasteiger charge is 2.52. The molecule has 1 saturated heterocycles. The van der Waals surface area contributed by atoms with Crippen molar-refractivity contribution in [3.8, 4) is 11.3 Å². The molecule has 0 amide bonds. The third-order valence-electron chi connectivity index (χ3n) is 4.08. The molecule has 0 saturated carbocycles. The van der Waals surface area contributed by atoms with E-state index >= 15 is 0 Å². The second-order valence-corrected chi connectivity index (χ2v) is 6.05. The largest absolute Gasteiger partial charge is 0.514 e. The van der Waals surface area contributed by atoms with Crippen LogP contribution in [0, 0.1) is 0 Å². The van der Waals surface area contributed by atoms with Gasteiger partial charge in [-0.15, -0.1) is 0 Å². The maximum atomic E-state index is 6.01. The average Bonchev–Trinajstić information content (AvgIpc) is 2.97. The van der Waals surface area contributed by atoms with E-state index in [1.54, 1.807) is 12.5 Å². The lowest BCUT2D eigenvalue weighted by Gasteiger charge is -2.32. The maximum absolute atomic E-state index is 6.01. The number of rotatable bonds is 2. The zero-order valence-electron chi connectivity index (χ0n) is 12.2. The van der Waals surface area contributed by atoms with Crippen LogP contribution in [0.5, 0.6) is 0 Å². The molecule has 1 fully saturated rings. The Morgan fingerprint density at radius 2 is 1.70 bits per heavy atom. The molecule has 0 atom stereocenters. The van der Waals surface area contributed by atoms with E-state index < -0.39 is 7.12 Å². The molecule has 0 N–H and O–H groups in total. The fourth-order valence-electron chi connectivity index (χ4n) is 2.12. The summed E-state index contributed by atoms with van der Waals surface area (Å²) in [4.78, 5) is 4.62. The molecule has 3 rings (SSSR count). The minimum atomic E-state index is -0.438. The van der Waals surface area contributed by atoms with E-state index in [1.807, 2.05) is 52.0 Å². The van der Waals surface area contributed by atoms with Crippen molar-refractivity contribution in [2.24, 2.45) is 0 Å². The SMILES string of the molecule is CC1(C)OB(c2cccc(-c3ccoc3)n2)OC1(C)C. The molecule has 104 valence electrons. The zero-order valence-corrected chi connectivity index (χ0v) is 12.2. The van der Waals surface area contributed by atoms with Gasteiger partial charge in [-0.25, -0.2) is 0 Å². The van der Waals surface area contributed by atoms with Crippen molar-refractivity contribution < 1.29 is 13.7 Å². The van der Waals surface area contributed by atoms with Gasteiger partial charge in [0.05, 0.1) is 35.0 Å². The predicted octanol–water partition coefficient (Wildman–Crippen LogP) is 2.64. The van der Waals surface area contributed by atoms with Crippen LogP contribution in [-0.2, 0) is 9.31 Å². The molecule has 2 aromatic rings. The average molecular weight is 271 g/mol. The Morgan fingerprint density at radius 3 is 2.30 bits per heavy atom. The summed E-state index contributed by atoms with van der Waals surface area (Å²) >= 11 is 0. The van der Waals surface area contributed by atoms with Crippen LogP contribution in [0.3, 0.4) is 0 Å². The van der Waals surface area contributed by atoms with Gasteiger partial charge in [-0.2, -0.15) is 0 Å².